The average Bonchev–Trinajstić information content (AvgIpc) is 3.15. The van der Waals surface area contributed by atoms with E-state index in [1.165, 1.54) is 21.3 Å². The Morgan fingerprint density at radius 2 is 1.74 bits per heavy atom. The van der Waals surface area contributed by atoms with Crippen molar-refractivity contribution in [3.63, 3.8) is 0 Å². The number of carbonyl (C=O) groups excluding carboxylic acids is 1. The molecule has 0 N–H and O–H groups in total. The molecular formula is C23H21N3O3S2. The van der Waals surface area contributed by atoms with Crippen LogP contribution in [0.1, 0.15) is 18.2 Å². The van der Waals surface area contributed by atoms with Gasteiger partial charge in [-0.2, -0.15) is 0 Å². The van der Waals surface area contributed by atoms with Crippen molar-refractivity contribution in [2.75, 3.05) is 11.5 Å². The molecule has 31 heavy (non-hydrogen) atoms. The molecule has 1 aliphatic rings. The van der Waals surface area contributed by atoms with E-state index in [4.69, 9.17) is 17.0 Å². The molecular weight excluding hydrogens is 430 g/mol. The average molecular weight is 452 g/mol. The number of aromatic nitrogens is 2. The summed E-state index contributed by atoms with van der Waals surface area (Å²) in [7, 11) is 1.79. The van der Waals surface area contributed by atoms with Gasteiger partial charge in [-0.05, 0) is 38.1 Å². The van der Waals surface area contributed by atoms with Gasteiger partial charge in [-0.15, -0.1) is 0 Å². The van der Waals surface area contributed by atoms with E-state index in [0.29, 0.717) is 27.3 Å². The Morgan fingerprint density at radius 1 is 1.06 bits per heavy atom. The Balaban J connectivity index is 1.77. The molecule has 158 valence electrons. The van der Waals surface area contributed by atoms with Gasteiger partial charge in [0, 0.05) is 12.6 Å². The number of benzene rings is 2. The van der Waals surface area contributed by atoms with Crippen LogP contribution in [0.3, 0.4) is 0 Å². The smallest absolute Gasteiger partial charge is 0.296 e. The number of hydrogen-bond acceptors (Lipinski definition) is 5. The highest BCUT2D eigenvalue weighted by Crippen LogP contribution is 2.37. The molecule has 0 saturated carbocycles. The van der Waals surface area contributed by atoms with Crippen molar-refractivity contribution in [3.8, 4) is 11.4 Å². The predicted molar refractivity (Wildman–Crippen MR) is 129 cm³/mol. The number of amides is 1. The fourth-order valence-corrected chi connectivity index (χ4v) is 4.76. The Hall–Kier alpha value is -3.10. The molecule has 1 fully saturated rings. The van der Waals surface area contributed by atoms with Crippen molar-refractivity contribution in [1.82, 2.24) is 9.36 Å². The van der Waals surface area contributed by atoms with E-state index in [1.54, 1.807) is 17.8 Å². The Bertz CT molecular complexity index is 1260. The third-order valence-corrected chi connectivity index (χ3v) is 6.35. The number of thiocarbonyl (C=S) groups is 1. The summed E-state index contributed by atoms with van der Waals surface area (Å²) in [5, 5.41) is 0. The second kappa shape index (κ2) is 8.56. The highest BCUT2D eigenvalue weighted by molar-refractivity contribution is 8.27. The number of nitrogens with zero attached hydrogens (tertiary/aromatic N) is 3. The third kappa shape index (κ3) is 3.73. The van der Waals surface area contributed by atoms with Crippen molar-refractivity contribution in [2.45, 2.75) is 13.8 Å². The SMILES string of the molecule is CCOc1ccccc1C=C1SC(=S)N(c2c(C)n(C)n(-c3ccccc3)c2=O)C1=O. The molecule has 2 heterocycles. The number of hydrogen-bond donors (Lipinski definition) is 0. The number of anilines is 1. The lowest BCUT2D eigenvalue weighted by molar-refractivity contribution is -0.113. The quantitative estimate of drug-likeness (QED) is 0.428. The molecule has 0 aliphatic carbocycles. The van der Waals surface area contributed by atoms with E-state index >= 15 is 0 Å². The Labute approximate surface area is 189 Å². The van der Waals surface area contributed by atoms with Gasteiger partial charge in [0.15, 0.2) is 4.32 Å². The fraction of sp³-hybridized carbons (Fsp3) is 0.174. The van der Waals surface area contributed by atoms with Gasteiger partial charge in [-0.25, -0.2) is 4.68 Å². The van der Waals surface area contributed by atoms with Crippen molar-refractivity contribution >= 4 is 46.0 Å². The first-order chi connectivity index (χ1) is 14.9. The molecule has 3 aromatic rings. The van der Waals surface area contributed by atoms with E-state index < -0.39 is 0 Å². The van der Waals surface area contributed by atoms with E-state index in [9.17, 15) is 9.59 Å². The number of carbonyl (C=O) groups is 1. The van der Waals surface area contributed by atoms with Crippen molar-refractivity contribution in [2.24, 2.45) is 7.05 Å². The van der Waals surface area contributed by atoms with Gasteiger partial charge in [0.25, 0.3) is 11.5 Å². The van der Waals surface area contributed by atoms with Gasteiger partial charge in [0.05, 0.1) is 22.9 Å². The number of rotatable bonds is 5. The molecule has 4 rings (SSSR count). The maximum Gasteiger partial charge on any atom is 0.296 e. The standard InChI is InChI=1S/C23H21N3O3S2/c1-4-29-18-13-9-8-10-16(18)14-19-21(27)25(23(30)31-19)20-15(2)24(3)26(22(20)28)17-11-6-5-7-12-17/h5-14H,4H2,1-3H3. The Kier molecular flexibility index (Phi) is 5.84. The summed E-state index contributed by atoms with van der Waals surface area (Å²) in [6.07, 6.45) is 1.76. The first kappa shape index (κ1) is 21.1. The first-order valence-corrected chi connectivity index (χ1v) is 11.0. The van der Waals surface area contributed by atoms with Crippen LogP contribution in [-0.2, 0) is 11.8 Å². The topological polar surface area (TPSA) is 56.5 Å². The lowest BCUT2D eigenvalue weighted by Gasteiger charge is -2.12. The summed E-state index contributed by atoms with van der Waals surface area (Å²) in [5.74, 6) is 0.380. The van der Waals surface area contributed by atoms with Gasteiger partial charge >= 0.3 is 0 Å². The normalized spacial score (nSPS) is 15.2. The molecule has 8 heteroatoms. The summed E-state index contributed by atoms with van der Waals surface area (Å²) in [4.78, 5) is 28.4. The summed E-state index contributed by atoms with van der Waals surface area (Å²) in [6.45, 7) is 4.24. The van der Waals surface area contributed by atoms with Gasteiger partial charge < -0.3 is 4.74 Å². The third-order valence-electron chi connectivity index (χ3n) is 5.05. The zero-order valence-corrected chi connectivity index (χ0v) is 19.0. The van der Waals surface area contributed by atoms with Gasteiger partial charge in [-0.3, -0.25) is 19.2 Å². The lowest BCUT2D eigenvalue weighted by atomic mass is 10.2. The van der Waals surface area contributed by atoms with Crippen LogP contribution in [0, 0.1) is 6.92 Å². The van der Waals surface area contributed by atoms with Gasteiger partial charge in [0.2, 0.25) is 0 Å². The van der Waals surface area contributed by atoms with Crippen LogP contribution in [0.4, 0.5) is 5.69 Å². The Morgan fingerprint density at radius 3 is 2.45 bits per heavy atom. The van der Waals surface area contributed by atoms with E-state index in [1.807, 2.05) is 68.4 Å². The molecule has 0 spiro atoms. The highest BCUT2D eigenvalue weighted by atomic mass is 32.2. The van der Waals surface area contributed by atoms with Crippen molar-refractivity contribution < 1.29 is 9.53 Å². The summed E-state index contributed by atoms with van der Waals surface area (Å²) in [5.41, 5.74) is 2.14. The second-order valence-electron chi connectivity index (χ2n) is 6.90. The zero-order chi connectivity index (χ0) is 22.1. The summed E-state index contributed by atoms with van der Waals surface area (Å²) in [6, 6.07) is 16.8. The minimum absolute atomic E-state index is 0.273. The molecule has 1 aromatic heterocycles. The second-order valence-corrected chi connectivity index (χ2v) is 8.57. The van der Waals surface area contributed by atoms with E-state index in [2.05, 4.69) is 0 Å². The van der Waals surface area contributed by atoms with Crippen LogP contribution in [0.2, 0.25) is 0 Å². The molecule has 1 aliphatic heterocycles. The van der Waals surface area contributed by atoms with Crippen LogP contribution in [0.25, 0.3) is 11.8 Å². The molecule has 0 unspecified atom stereocenters. The molecule has 0 bridgehead atoms. The van der Waals surface area contributed by atoms with Crippen molar-refractivity contribution in [3.05, 3.63) is 81.1 Å². The number of thioether (sulfide) groups is 1. The van der Waals surface area contributed by atoms with Crippen molar-refractivity contribution in [1.29, 1.82) is 0 Å². The first-order valence-electron chi connectivity index (χ1n) is 9.77. The van der Waals surface area contributed by atoms with Gasteiger partial charge in [-0.1, -0.05) is 60.4 Å². The molecule has 0 atom stereocenters. The maximum atomic E-state index is 13.3. The van der Waals surface area contributed by atoms with E-state index in [0.717, 1.165) is 11.3 Å². The molecule has 1 saturated heterocycles. The van der Waals surface area contributed by atoms with Gasteiger partial charge in [0.1, 0.15) is 11.4 Å². The van der Waals surface area contributed by atoms with Crippen LogP contribution < -0.4 is 15.2 Å². The van der Waals surface area contributed by atoms with Crippen LogP contribution >= 0.6 is 24.0 Å². The largest absolute Gasteiger partial charge is 0.493 e. The van der Waals surface area contributed by atoms with Crippen LogP contribution in [-0.4, -0.2) is 26.2 Å². The molecule has 2 aromatic carbocycles. The predicted octanol–water partition coefficient (Wildman–Crippen LogP) is 4.29. The number of para-hydroxylation sites is 2. The molecule has 1 amide bonds. The maximum absolute atomic E-state index is 13.3. The number of ether oxygens (including phenoxy) is 1. The highest BCUT2D eigenvalue weighted by Gasteiger charge is 2.37. The van der Waals surface area contributed by atoms with Crippen LogP contribution in [0.15, 0.2) is 64.3 Å². The molecule has 6 nitrogen and oxygen atoms in total. The summed E-state index contributed by atoms with van der Waals surface area (Å²) < 4.78 is 9.26. The zero-order valence-electron chi connectivity index (χ0n) is 17.4. The molecule has 0 radical (unpaired) electrons. The minimum Gasteiger partial charge on any atom is -0.493 e. The minimum atomic E-state index is -0.313. The fourth-order valence-electron chi connectivity index (χ4n) is 3.50. The van der Waals surface area contributed by atoms with Crippen LogP contribution in [0.5, 0.6) is 5.75 Å². The lowest BCUT2D eigenvalue weighted by Crippen LogP contribution is -2.33. The van der Waals surface area contributed by atoms with E-state index in [-0.39, 0.29) is 17.2 Å². The summed E-state index contributed by atoms with van der Waals surface area (Å²) >= 11 is 6.69. The monoisotopic (exact) mass is 451 g/mol.